The lowest BCUT2D eigenvalue weighted by molar-refractivity contribution is -0.122. The Hall–Kier alpha value is -2.42. The predicted octanol–water partition coefficient (Wildman–Crippen LogP) is -0.000500. The average molecular weight is 309 g/mol. The van der Waals surface area contributed by atoms with Crippen molar-refractivity contribution in [3.63, 3.8) is 0 Å². The molecule has 2 rings (SSSR count). The molecule has 22 heavy (non-hydrogen) atoms. The molecule has 9 heteroatoms. The molecule has 1 aliphatic rings. The fourth-order valence-corrected chi connectivity index (χ4v) is 2.42. The Bertz CT molecular complexity index is 585. The maximum Gasteiger partial charge on any atom is 0.416 e. The number of hydrogen-bond donors (Lipinski definition) is 3. The quantitative estimate of drug-likeness (QED) is 0.701. The molecule has 1 unspecified atom stereocenters. The van der Waals surface area contributed by atoms with Gasteiger partial charge >= 0.3 is 12.1 Å². The minimum atomic E-state index is -1.10. The third-order valence-electron chi connectivity index (χ3n) is 3.73. The van der Waals surface area contributed by atoms with Crippen LogP contribution in [-0.4, -0.2) is 56.7 Å². The molecule has 9 nitrogen and oxygen atoms in total. The van der Waals surface area contributed by atoms with Crippen LogP contribution in [0.25, 0.3) is 0 Å². The molecule has 0 aromatic carbocycles. The van der Waals surface area contributed by atoms with Crippen molar-refractivity contribution in [1.29, 1.82) is 0 Å². The highest BCUT2D eigenvalue weighted by Crippen LogP contribution is 2.15. The number of carboxylic acid groups (broad SMARTS) is 1. The highest BCUT2D eigenvalue weighted by Gasteiger charge is 2.29. The molecule has 0 spiro atoms. The lowest BCUT2D eigenvalue weighted by Gasteiger charge is -2.32. The SMILES string of the molecule is CN1C(=O)NC(=O)CC1CC[C@@H](N)Cc1cn(C(=O)O)cn1. The van der Waals surface area contributed by atoms with Crippen LogP contribution in [0, 0.1) is 0 Å². The highest BCUT2D eigenvalue weighted by atomic mass is 16.4. The first kappa shape index (κ1) is 16.0. The van der Waals surface area contributed by atoms with Gasteiger partial charge < -0.3 is 15.7 Å². The molecule has 2 heterocycles. The molecule has 1 aromatic heterocycles. The van der Waals surface area contributed by atoms with Gasteiger partial charge in [0.15, 0.2) is 0 Å². The van der Waals surface area contributed by atoms with Crippen LogP contribution in [0.15, 0.2) is 12.5 Å². The summed E-state index contributed by atoms with van der Waals surface area (Å²) in [5.74, 6) is -0.276. The third-order valence-corrected chi connectivity index (χ3v) is 3.73. The minimum Gasteiger partial charge on any atom is -0.464 e. The van der Waals surface area contributed by atoms with E-state index in [0.717, 1.165) is 4.57 Å². The van der Waals surface area contributed by atoms with Crippen LogP contribution in [0.4, 0.5) is 9.59 Å². The van der Waals surface area contributed by atoms with Crippen molar-refractivity contribution in [2.24, 2.45) is 5.73 Å². The number of hydrogen-bond acceptors (Lipinski definition) is 5. The molecule has 1 saturated heterocycles. The molecule has 3 amide bonds. The Morgan fingerprint density at radius 2 is 2.32 bits per heavy atom. The van der Waals surface area contributed by atoms with Crippen LogP contribution >= 0.6 is 0 Å². The smallest absolute Gasteiger partial charge is 0.416 e. The number of imide groups is 1. The largest absolute Gasteiger partial charge is 0.464 e. The van der Waals surface area contributed by atoms with Crippen molar-refractivity contribution in [3.05, 3.63) is 18.2 Å². The number of urea groups is 1. The standard InChI is InChI=1S/C13H19N5O4/c1-17-10(5-11(19)16-12(17)20)3-2-8(14)4-9-6-18(7-15-9)13(21)22/h6-8,10H,2-5,14H2,1H3,(H,21,22)(H,16,19,20)/t8-,10?/m1/s1. The topological polar surface area (TPSA) is 131 Å². The van der Waals surface area contributed by atoms with Crippen molar-refractivity contribution < 1.29 is 19.5 Å². The third kappa shape index (κ3) is 3.82. The summed E-state index contributed by atoms with van der Waals surface area (Å²) in [6.07, 6.45) is 3.47. The van der Waals surface area contributed by atoms with Crippen molar-refractivity contribution >= 4 is 18.0 Å². The van der Waals surface area contributed by atoms with Gasteiger partial charge in [0.2, 0.25) is 5.91 Å². The van der Waals surface area contributed by atoms with E-state index in [9.17, 15) is 14.4 Å². The lowest BCUT2D eigenvalue weighted by Crippen LogP contribution is -2.53. The number of aromatic nitrogens is 2. The van der Waals surface area contributed by atoms with E-state index in [0.29, 0.717) is 25.0 Å². The maximum absolute atomic E-state index is 11.5. The van der Waals surface area contributed by atoms with Crippen molar-refractivity contribution in [2.75, 3.05) is 7.05 Å². The van der Waals surface area contributed by atoms with E-state index in [2.05, 4.69) is 10.3 Å². The zero-order valence-electron chi connectivity index (χ0n) is 12.2. The molecule has 0 aliphatic carbocycles. The van der Waals surface area contributed by atoms with Gasteiger partial charge in [0.1, 0.15) is 6.33 Å². The predicted molar refractivity (Wildman–Crippen MR) is 76.3 cm³/mol. The summed E-state index contributed by atoms with van der Waals surface area (Å²) in [4.78, 5) is 39.1. The van der Waals surface area contributed by atoms with Gasteiger partial charge in [-0.05, 0) is 12.8 Å². The van der Waals surface area contributed by atoms with Crippen LogP contribution in [0.5, 0.6) is 0 Å². The van der Waals surface area contributed by atoms with Crippen LogP contribution in [0.1, 0.15) is 25.0 Å². The van der Waals surface area contributed by atoms with Crippen LogP contribution in [0.3, 0.4) is 0 Å². The van der Waals surface area contributed by atoms with Crippen molar-refractivity contribution in [3.8, 4) is 0 Å². The average Bonchev–Trinajstić information content (AvgIpc) is 2.90. The summed E-state index contributed by atoms with van der Waals surface area (Å²) >= 11 is 0. The minimum absolute atomic E-state index is 0.163. The first-order chi connectivity index (χ1) is 10.4. The van der Waals surface area contributed by atoms with E-state index in [4.69, 9.17) is 10.8 Å². The Labute approximate surface area is 127 Å². The molecule has 0 radical (unpaired) electrons. The molecular formula is C13H19N5O4. The van der Waals surface area contributed by atoms with Gasteiger partial charge in [-0.25, -0.2) is 19.1 Å². The number of nitrogens with one attached hydrogen (secondary N) is 1. The summed E-state index contributed by atoms with van der Waals surface area (Å²) in [5, 5.41) is 11.0. The summed E-state index contributed by atoms with van der Waals surface area (Å²) in [6.45, 7) is 0. The zero-order chi connectivity index (χ0) is 16.3. The van der Waals surface area contributed by atoms with Gasteiger partial charge in [0.05, 0.1) is 5.69 Å². The fraction of sp³-hybridized carbons (Fsp3) is 0.538. The van der Waals surface area contributed by atoms with E-state index in [1.807, 2.05) is 0 Å². The number of rotatable bonds is 5. The summed E-state index contributed by atoms with van der Waals surface area (Å²) < 4.78 is 0.972. The number of amides is 3. The maximum atomic E-state index is 11.5. The van der Waals surface area contributed by atoms with Gasteiger partial charge in [0.25, 0.3) is 0 Å². The van der Waals surface area contributed by atoms with E-state index in [-0.39, 0.29) is 24.4 Å². The number of carbonyl (C=O) groups excluding carboxylic acids is 2. The molecule has 1 fully saturated rings. The van der Waals surface area contributed by atoms with Crippen LogP contribution in [-0.2, 0) is 11.2 Å². The molecule has 120 valence electrons. The van der Waals surface area contributed by atoms with Gasteiger partial charge in [-0.1, -0.05) is 0 Å². The molecule has 0 bridgehead atoms. The number of carbonyl (C=O) groups is 3. The molecule has 4 N–H and O–H groups in total. The van der Waals surface area contributed by atoms with Gasteiger partial charge in [0, 0.05) is 38.2 Å². The Morgan fingerprint density at radius 3 is 2.95 bits per heavy atom. The zero-order valence-corrected chi connectivity index (χ0v) is 12.2. The van der Waals surface area contributed by atoms with E-state index in [1.54, 1.807) is 7.05 Å². The molecule has 2 atom stereocenters. The van der Waals surface area contributed by atoms with Gasteiger partial charge in [-0.2, -0.15) is 0 Å². The fourth-order valence-electron chi connectivity index (χ4n) is 2.42. The number of nitrogens with two attached hydrogens (primary N) is 1. The summed E-state index contributed by atoms with van der Waals surface area (Å²) in [5.41, 5.74) is 6.62. The molecular weight excluding hydrogens is 290 g/mol. The first-order valence-corrected chi connectivity index (χ1v) is 6.95. The van der Waals surface area contributed by atoms with E-state index < -0.39 is 12.1 Å². The Kier molecular flexibility index (Phi) is 4.76. The Morgan fingerprint density at radius 1 is 1.59 bits per heavy atom. The lowest BCUT2D eigenvalue weighted by atomic mass is 9.99. The first-order valence-electron chi connectivity index (χ1n) is 6.95. The molecule has 1 aromatic rings. The summed E-state index contributed by atoms with van der Waals surface area (Å²) in [7, 11) is 1.65. The number of nitrogens with zero attached hydrogens (tertiary/aromatic N) is 3. The van der Waals surface area contributed by atoms with Gasteiger partial charge in [-0.15, -0.1) is 0 Å². The number of imidazole rings is 1. The van der Waals surface area contributed by atoms with E-state index in [1.165, 1.54) is 17.4 Å². The van der Waals surface area contributed by atoms with E-state index >= 15 is 0 Å². The van der Waals surface area contributed by atoms with Gasteiger partial charge in [-0.3, -0.25) is 10.1 Å². The summed E-state index contributed by atoms with van der Waals surface area (Å²) in [6, 6.07) is -0.774. The van der Waals surface area contributed by atoms with Crippen molar-refractivity contribution in [2.45, 2.75) is 37.8 Å². The van der Waals surface area contributed by atoms with Crippen LogP contribution < -0.4 is 11.1 Å². The second kappa shape index (κ2) is 6.56. The van der Waals surface area contributed by atoms with Crippen LogP contribution in [0.2, 0.25) is 0 Å². The molecule has 0 saturated carbocycles. The highest BCUT2D eigenvalue weighted by molar-refractivity contribution is 5.97. The monoisotopic (exact) mass is 309 g/mol. The second-order valence-electron chi connectivity index (χ2n) is 5.42. The van der Waals surface area contributed by atoms with Crippen molar-refractivity contribution in [1.82, 2.24) is 19.8 Å². The normalized spacial score (nSPS) is 19.9. The second-order valence-corrected chi connectivity index (χ2v) is 5.42. The Balaban J connectivity index is 1.84. The molecule has 1 aliphatic heterocycles.